The smallest absolute Gasteiger partial charge is 0.244 e. The molecule has 0 saturated carbocycles. The number of anilines is 1. The lowest BCUT2D eigenvalue weighted by Gasteiger charge is -2.43. The van der Waals surface area contributed by atoms with Crippen molar-refractivity contribution >= 4 is 11.6 Å². The fourth-order valence-electron chi connectivity index (χ4n) is 4.04. The summed E-state index contributed by atoms with van der Waals surface area (Å²) in [6, 6.07) is 12.4. The van der Waals surface area contributed by atoms with Crippen molar-refractivity contribution in [2.45, 2.75) is 38.8 Å². The molecule has 134 valence electrons. The first-order valence-corrected chi connectivity index (χ1v) is 9.36. The first-order chi connectivity index (χ1) is 12.1. The first kappa shape index (κ1) is 17.9. The fraction of sp³-hybridized carbons (Fsp3) is 0.600. The Hall–Kier alpha value is -1.90. The van der Waals surface area contributed by atoms with Gasteiger partial charge in [-0.2, -0.15) is 5.26 Å². The van der Waals surface area contributed by atoms with E-state index in [-0.39, 0.29) is 18.0 Å². The number of amides is 1. The molecule has 2 heterocycles. The van der Waals surface area contributed by atoms with Gasteiger partial charge in [0, 0.05) is 38.4 Å². The third-order valence-corrected chi connectivity index (χ3v) is 5.43. The Labute approximate surface area is 150 Å². The second kappa shape index (κ2) is 7.99. The highest BCUT2D eigenvalue weighted by atomic mass is 16.2. The predicted molar refractivity (Wildman–Crippen MR) is 99.2 cm³/mol. The number of nitriles is 1. The van der Waals surface area contributed by atoms with E-state index in [2.05, 4.69) is 29.7 Å². The number of benzene rings is 1. The molecular formula is C20H28N4O. The summed E-state index contributed by atoms with van der Waals surface area (Å²) in [6.07, 6.45) is 1.98. The van der Waals surface area contributed by atoms with Gasteiger partial charge in [-0.05, 0) is 30.9 Å². The Balaban J connectivity index is 1.63. The van der Waals surface area contributed by atoms with Crippen molar-refractivity contribution in [3.05, 3.63) is 30.3 Å². The highest BCUT2D eigenvalue weighted by molar-refractivity contribution is 5.97. The number of hydrogen-bond donors (Lipinski definition) is 0. The Kier molecular flexibility index (Phi) is 5.72. The molecule has 2 fully saturated rings. The van der Waals surface area contributed by atoms with Crippen LogP contribution in [0, 0.1) is 17.2 Å². The van der Waals surface area contributed by atoms with Gasteiger partial charge in [-0.15, -0.1) is 0 Å². The van der Waals surface area contributed by atoms with E-state index in [0.29, 0.717) is 5.92 Å². The minimum absolute atomic E-state index is 0.0179. The van der Waals surface area contributed by atoms with E-state index in [9.17, 15) is 10.1 Å². The molecule has 0 N–H and O–H groups in total. The van der Waals surface area contributed by atoms with Gasteiger partial charge < -0.3 is 4.90 Å². The molecule has 2 atom stereocenters. The number of piperidine rings is 1. The zero-order valence-corrected chi connectivity index (χ0v) is 15.3. The molecule has 0 aromatic heterocycles. The molecular weight excluding hydrogens is 312 g/mol. The van der Waals surface area contributed by atoms with Crippen molar-refractivity contribution in [3.8, 4) is 6.07 Å². The van der Waals surface area contributed by atoms with E-state index in [1.54, 1.807) is 0 Å². The molecule has 1 aromatic carbocycles. The highest BCUT2D eigenvalue weighted by Gasteiger charge is 2.36. The van der Waals surface area contributed by atoms with Crippen LogP contribution in [0.1, 0.15) is 26.7 Å². The lowest BCUT2D eigenvalue weighted by molar-refractivity contribution is -0.126. The van der Waals surface area contributed by atoms with Crippen LogP contribution in [0.2, 0.25) is 0 Å². The molecule has 0 unspecified atom stereocenters. The van der Waals surface area contributed by atoms with E-state index in [4.69, 9.17) is 0 Å². The van der Waals surface area contributed by atoms with Crippen LogP contribution in [0.15, 0.2) is 30.3 Å². The second-order valence-corrected chi connectivity index (χ2v) is 7.37. The molecule has 1 amide bonds. The predicted octanol–water partition coefficient (Wildman–Crippen LogP) is 2.35. The third kappa shape index (κ3) is 3.86. The van der Waals surface area contributed by atoms with Crippen molar-refractivity contribution in [3.63, 3.8) is 0 Å². The average Bonchev–Trinajstić information content (AvgIpc) is 2.64. The number of carbonyl (C=O) groups is 1. The van der Waals surface area contributed by atoms with E-state index in [0.717, 1.165) is 51.3 Å². The van der Waals surface area contributed by atoms with Gasteiger partial charge >= 0.3 is 0 Å². The summed E-state index contributed by atoms with van der Waals surface area (Å²) in [5.41, 5.74) is 1.00. The Bertz CT molecular complexity index is 616. The number of hydrogen-bond acceptors (Lipinski definition) is 4. The van der Waals surface area contributed by atoms with Crippen molar-refractivity contribution in [2.24, 2.45) is 5.92 Å². The number of nitrogens with zero attached hydrogens (tertiary/aromatic N) is 4. The number of carbonyl (C=O) groups excluding carboxylic acids is 1. The van der Waals surface area contributed by atoms with Gasteiger partial charge in [0.05, 0.1) is 12.1 Å². The summed E-state index contributed by atoms with van der Waals surface area (Å²) in [5.74, 6) is 0.563. The van der Waals surface area contributed by atoms with Crippen molar-refractivity contribution in [1.82, 2.24) is 9.80 Å². The van der Waals surface area contributed by atoms with Crippen LogP contribution < -0.4 is 4.90 Å². The fourth-order valence-corrected chi connectivity index (χ4v) is 4.04. The van der Waals surface area contributed by atoms with Crippen LogP contribution in [0.5, 0.6) is 0 Å². The Morgan fingerprint density at radius 3 is 2.36 bits per heavy atom. The van der Waals surface area contributed by atoms with Gasteiger partial charge in [0.15, 0.2) is 0 Å². The molecule has 2 aliphatic rings. The van der Waals surface area contributed by atoms with Gasteiger partial charge in [-0.25, -0.2) is 0 Å². The van der Waals surface area contributed by atoms with E-state index in [1.807, 2.05) is 35.2 Å². The molecule has 2 aliphatic heterocycles. The normalized spacial score (nSPS) is 24.3. The van der Waals surface area contributed by atoms with Crippen molar-refractivity contribution in [1.29, 1.82) is 5.26 Å². The van der Waals surface area contributed by atoms with E-state index < -0.39 is 0 Å². The summed E-state index contributed by atoms with van der Waals surface area (Å²) in [4.78, 5) is 19.5. The van der Waals surface area contributed by atoms with Gasteiger partial charge in [0.1, 0.15) is 6.04 Å². The van der Waals surface area contributed by atoms with Gasteiger partial charge in [0.25, 0.3) is 0 Å². The number of piperazine rings is 1. The molecule has 0 spiro atoms. The van der Waals surface area contributed by atoms with Crippen LogP contribution in [0.3, 0.4) is 0 Å². The highest BCUT2D eigenvalue weighted by Crippen LogP contribution is 2.25. The summed E-state index contributed by atoms with van der Waals surface area (Å²) in [5, 5.41) is 9.40. The third-order valence-electron chi connectivity index (χ3n) is 5.43. The SMILES string of the molecule is CC(C)[C@@H](C#N)N1CCN([C@@H]2CCCN(c3ccccc3)C2=O)CC1. The average molecular weight is 340 g/mol. The molecule has 25 heavy (non-hydrogen) atoms. The Morgan fingerprint density at radius 2 is 1.76 bits per heavy atom. The van der Waals surface area contributed by atoms with E-state index in [1.165, 1.54) is 0 Å². The summed E-state index contributed by atoms with van der Waals surface area (Å²) >= 11 is 0. The maximum Gasteiger partial charge on any atom is 0.244 e. The number of rotatable bonds is 4. The molecule has 5 nitrogen and oxygen atoms in total. The monoisotopic (exact) mass is 340 g/mol. The molecule has 0 bridgehead atoms. The molecule has 0 aliphatic carbocycles. The standard InChI is InChI=1S/C20H28N4O/c1-16(2)19(15-21)23-13-11-22(12-14-23)18-9-6-10-24(20(18)25)17-7-4-3-5-8-17/h3-5,7-8,16,18-19H,6,9-14H2,1-2H3/t18-,19-/m1/s1. The van der Waals surface area contributed by atoms with Crippen LogP contribution in [0.4, 0.5) is 5.69 Å². The summed E-state index contributed by atoms with van der Waals surface area (Å²) in [7, 11) is 0. The quantitative estimate of drug-likeness (QED) is 0.844. The topological polar surface area (TPSA) is 50.6 Å². The Morgan fingerprint density at radius 1 is 1.08 bits per heavy atom. The van der Waals surface area contributed by atoms with Gasteiger partial charge in [0.2, 0.25) is 5.91 Å². The maximum absolute atomic E-state index is 13.0. The van der Waals surface area contributed by atoms with Gasteiger partial charge in [-0.3, -0.25) is 14.6 Å². The van der Waals surface area contributed by atoms with Gasteiger partial charge in [-0.1, -0.05) is 32.0 Å². The zero-order chi connectivity index (χ0) is 17.8. The minimum Gasteiger partial charge on any atom is -0.311 e. The largest absolute Gasteiger partial charge is 0.311 e. The second-order valence-electron chi connectivity index (χ2n) is 7.37. The lowest BCUT2D eigenvalue weighted by atomic mass is 9.99. The molecule has 2 saturated heterocycles. The molecule has 1 aromatic rings. The van der Waals surface area contributed by atoms with Crippen LogP contribution in [0.25, 0.3) is 0 Å². The van der Waals surface area contributed by atoms with Crippen LogP contribution >= 0.6 is 0 Å². The van der Waals surface area contributed by atoms with E-state index >= 15 is 0 Å². The minimum atomic E-state index is -0.0231. The first-order valence-electron chi connectivity index (χ1n) is 9.36. The zero-order valence-electron chi connectivity index (χ0n) is 15.3. The molecule has 0 radical (unpaired) electrons. The molecule has 3 rings (SSSR count). The van der Waals surface area contributed by atoms with Crippen LogP contribution in [-0.4, -0.2) is 60.5 Å². The van der Waals surface area contributed by atoms with Crippen LogP contribution in [-0.2, 0) is 4.79 Å². The number of para-hydroxylation sites is 1. The summed E-state index contributed by atoms with van der Waals surface area (Å²) in [6.45, 7) is 8.47. The van der Waals surface area contributed by atoms with Crippen molar-refractivity contribution in [2.75, 3.05) is 37.6 Å². The lowest BCUT2D eigenvalue weighted by Crippen LogP contribution is -2.59. The van der Waals surface area contributed by atoms with Crippen molar-refractivity contribution < 1.29 is 4.79 Å². The summed E-state index contributed by atoms with van der Waals surface area (Å²) < 4.78 is 0. The molecule has 5 heteroatoms. The maximum atomic E-state index is 13.0.